The lowest BCUT2D eigenvalue weighted by Gasteiger charge is -2.43. The molecule has 6 heteroatoms. The average molecular weight is 295 g/mol. The lowest BCUT2D eigenvalue weighted by molar-refractivity contribution is -0.147. The monoisotopic (exact) mass is 295 g/mol. The number of fused-ring (bicyclic) bond motifs is 1. The number of likely N-dealkylation sites (tertiary alicyclic amines) is 1. The zero-order valence-corrected chi connectivity index (χ0v) is 12.9. The summed E-state index contributed by atoms with van der Waals surface area (Å²) in [5.74, 6) is -0.800. The molecule has 3 fully saturated rings. The number of aliphatic carboxylic acids is 1. The minimum absolute atomic E-state index is 0.0269. The van der Waals surface area contributed by atoms with Crippen molar-refractivity contribution in [3.8, 4) is 0 Å². The standard InChI is InChI=1S/C15H25N3O3/c1-11-8-16-6-3-4-12(16)9-18(11)14(21)17-7-5-15(2,10-17)13(19)20/h11-12H,3-10H2,1-2H3,(H,19,20). The molecule has 0 aromatic carbocycles. The maximum Gasteiger partial charge on any atom is 0.320 e. The quantitative estimate of drug-likeness (QED) is 0.786. The Bertz CT molecular complexity index is 455. The van der Waals surface area contributed by atoms with E-state index < -0.39 is 11.4 Å². The van der Waals surface area contributed by atoms with Gasteiger partial charge in [0.15, 0.2) is 0 Å². The Hall–Kier alpha value is -1.30. The van der Waals surface area contributed by atoms with Gasteiger partial charge < -0.3 is 14.9 Å². The highest BCUT2D eigenvalue weighted by molar-refractivity contribution is 5.79. The molecule has 3 unspecified atom stereocenters. The maximum atomic E-state index is 12.8. The lowest BCUT2D eigenvalue weighted by atomic mass is 9.90. The number of carboxylic acid groups (broad SMARTS) is 1. The Morgan fingerprint density at radius 2 is 2.00 bits per heavy atom. The van der Waals surface area contributed by atoms with Crippen LogP contribution in [0.15, 0.2) is 0 Å². The van der Waals surface area contributed by atoms with E-state index in [1.165, 1.54) is 12.8 Å². The van der Waals surface area contributed by atoms with E-state index in [-0.39, 0.29) is 12.1 Å². The molecule has 3 rings (SSSR count). The third-order valence-corrected chi connectivity index (χ3v) is 5.44. The fourth-order valence-corrected chi connectivity index (χ4v) is 3.93. The van der Waals surface area contributed by atoms with Gasteiger partial charge in [-0.15, -0.1) is 0 Å². The molecule has 21 heavy (non-hydrogen) atoms. The van der Waals surface area contributed by atoms with Crippen molar-refractivity contribution in [2.24, 2.45) is 5.41 Å². The first-order valence-corrected chi connectivity index (χ1v) is 7.94. The van der Waals surface area contributed by atoms with E-state index in [2.05, 4.69) is 11.8 Å². The number of hydrogen-bond donors (Lipinski definition) is 1. The van der Waals surface area contributed by atoms with Crippen molar-refractivity contribution in [2.75, 3.05) is 32.7 Å². The Morgan fingerprint density at radius 3 is 2.67 bits per heavy atom. The third-order valence-electron chi connectivity index (χ3n) is 5.44. The summed E-state index contributed by atoms with van der Waals surface area (Å²) < 4.78 is 0. The van der Waals surface area contributed by atoms with E-state index in [1.54, 1.807) is 11.8 Å². The molecule has 6 nitrogen and oxygen atoms in total. The zero-order valence-electron chi connectivity index (χ0n) is 12.9. The minimum Gasteiger partial charge on any atom is -0.481 e. The molecule has 3 heterocycles. The number of nitrogens with zero attached hydrogens (tertiary/aromatic N) is 3. The van der Waals surface area contributed by atoms with Crippen LogP contribution < -0.4 is 0 Å². The zero-order chi connectivity index (χ0) is 15.2. The molecule has 3 saturated heterocycles. The van der Waals surface area contributed by atoms with E-state index in [4.69, 9.17) is 0 Å². The molecule has 0 spiro atoms. The van der Waals surface area contributed by atoms with Crippen LogP contribution in [0.1, 0.15) is 33.1 Å². The van der Waals surface area contributed by atoms with Gasteiger partial charge in [0, 0.05) is 38.3 Å². The molecule has 1 N–H and O–H groups in total. The van der Waals surface area contributed by atoms with Crippen LogP contribution in [0.3, 0.4) is 0 Å². The molecule has 0 aromatic heterocycles. The highest BCUT2D eigenvalue weighted by Crippen LogP contribution is 2.32. The Morgan fingerprint density at radius 1 is 1.24 bits per heavy atom. The van der Waals surface area contributed by atoms with Crippen LogP contribution >= 0.6 is 0 Å². The van der Waals surface area contributed by atoms with Crippen LogP contribution in [-0.2, 0) is 4.79 Å². The molecule has 3 aliphatic rings. The summed E-state index contributed by atoms with van der Waals surface area (Å²) >= 11 is 0. The first-order valence-electron chi connectivity index (χ1n) is 7.94. The number of carbonyl (C=O) groups excluding carboxylic acids is 1. The van der Waals surface area contributed by atoms with Crippen LogP contribution in [-0.4, -0.2) is 76.6 Å². The van der Waals surface area contributed by atoms with Crippen LogP contribution in [0.2, 0.25) is 0 Å². The summed E-state index contributed by atoms with van der Waals surface area (Å²) in [6, 6.07) is 0.737. The number of piperazine rings is 1. The summed E-state index contributed by atoms with van der Waals surface area (Å²) in [5, 5.41) is 9.30. The van der Waals surface area contributed by atoms with Crippen molar-refractivity contribution >= 4 is 12.0 Å². The number of carboxylic acids is 1. The molecular weight excluding hydrogens is 270 g/mol. The van der Waals surface area contributed by atoms with Crippen molar-refractivity contribution in [3.05, 3.63) is 0 Å². The van der Waals surface area contributed by atoms with Gasteiger partial charge in [-0.05, 0) is 39.7 Å². The maximum absolute atomic E-state index is 12.8. The molecule has 0 saturated carbocycles. The fourth-order valence-electron chi connectivity index (χ4n) is 3.93. The van der Waals surface area contributed by atoms with Gasteiger partial charge in [-0.2, -0.15) is 0 Å². The second-order valence-electron chi connectivity index (χ2n) is 7.11. The summed E-state index contributed by atoms with van der Waals surface area (Å²) in [5.41, 5.74) is -0.784. The highest BCUT2D eigenvalue weighted by atomic mass is 16.4. The number of rotatable bonds is 1. The first-order chi connectivity index (χ1) is 9.90. The summed E-state index contributed by atoms with van der Waals surface area (Å²) in [6.45, 7) is 7.61. The van der Waals surface area contributed by atoms with Gasteiger partial charge in [0.2, 0.25) is 0 Å². The largest absolute Gasteiger partial charge is 0.481 e. The van der Waals surface area contributed by atoms with Gasteiger partial charge in [0.05, 0.1) is 5.41 Å². The van der Waals surface area contributed by atoms with Gasteiger partial charge in [0.25, 0.3) is 0 Å². The van der Waals surface area contributed by atoms with E-state index in [0.717, 1.165) is 19.6 Å². The molecule has 118 valence electrons. The predicted molar refractivity (Wildman–Crippen MR) is 78.1 cm³/mol. The van der Waals surface area contributed by atoms with Gasteiger partial charge in [-0.25, -0.2) is 4.79 Å². The van der Waals surface area contributed by atoms with Crippen molar-refractivity contribution in [2.45, 2.75) is 45.2 Å². The number of hydrogen-bond acceptors (Lipinski definition) is 3. The molecule has 0 aliphatic carbocycles. The fraction of sp³-hybridized carbons (Fsp3) is 0.867. The predicted octanol–water partition coefficient (Wildman–Crippen LogP) is 1.07. The molecule has 2 amide bonds. The SMILES string of the molecule is CC1CN2CCCC2CN1C(=O)N1CCC(C)(C(=O)O)C1. The van der Waals surface area contributed by atoms with E-state index >= 15 is 0 Å². The molecular formula is C15H25N3O3. The smallest absolute Gasteiger partial charge is 0.320 e. The van der Waals surface area contributed by atoms with Crippen molar-refractivity contribution in [1.29, 1.82) is 0 Å². The van der Waals surface area contributed by atoms with E-state index in [1.807, 2.05) is 4.90 Å². The number of carbonyl (C=O) groups is 2. The number of amides is 2. The highest BCUT2D eigenvalue weighted by Gasteiger charge is 2.45. The molecule has 0 radical (unpaired) electrons. The Kier molecular flexibility index (Phi) is 3.59. The first kappa shape index (κ1) is 14.6. The Labute approximate surface area is 125 Å². The summed E-state index contributed by atoms with van der Waals surface area (Å²) in [7, 11) is 0. The van der Waals surface area contributed by atoms with Gasteiger partial charge in [-0.3, -0.25) is 9.69 Å². The molecule has 0 aromatic rings. The summed E-state index contributed by atoms with van der Waals surface area (Å²) in [6.07, 6.45) is 2.94. The van der Waals surface area contributed by atoms with Gasteiger partial charge >= 0.3 is 12.0 Å². The number of urea groups is 1. The second-order valence-corrected chi connectivity index (χ2v) is 7.11. The van der Waals surface area contributed by atoms with Crippen LogP contribution in [0.25, 0.3) is 0 Å². The summed E-state index contributed by atoms with van der Waals surface area (Å²) in [4.78, 5) is 30.2. The van der Waals surface area contributed by atoms with E-state index in [9.17, 15) is 14.7 Å². The van der Waals surface area contributed by atoms with Crippen molar-refractivity contribution < 1.29 is 14.7 Å². The normalized spacial score (nSPS) is 36.9. The second kappa shape index (κ2) is 5.16. The van der Waals surface area contributed by atoms with Gasteiger partial charge in [0.1, 0.15) is 0 Å². The lowest BCUT2D eigenvalue weighted by Crippen LogP contribution is -2.59. The van der Waals surface area contributed by atoms with Crippen LogP contribution in [0, 0.1) is 5.41 Å². The molecule has 3 atom stereocenters. The third kappa shape index (κ3) is 2.50. The van der Waals surface area contributed by atoms with Crippen LogP contribution in [0.5, 0.6) is 0 Å². The molecule has 0 bridgehead atoms. The molecule has 3 aliphatic heterocycles. The minimum atomic E-state index is -0.800. The Balaban J connectivity index is 1.67. The van der Waals surface area contributed by atoms with Crippen molar-refractivity contribution in [3.63, 3.8) is 0 Å². The topological polar surface area (TPSA) is 64.1 Å². The van der Waals surface area contributed by atoms with Gasteiger partial charge in [-0.1, -0.05) is 0 Å². The average Bonchev–Trinajstić information content (AvgIpc) is 3.04. The van der Waals surface area contributed by atoms with Crippen molar-refractivity contribution in [1.82, 2.24) is 14.7 Å². The van der Waals surface area contributed by atoms with Crippen LogP contribution in [0.4, 0.5) is 4.79 Å². The van der Waals surface area contributed by atoms with E-state index in [0.29, 0.717) is 25.6 Å².